The van der Waals surface area contributed by atoms with Crippen molar-refractivity contribution in [3.63, 3.8) is 0 Å². The van der Waals surface area contributed by atoms with Crippen molar-refractivity contribution in [3.05, 3.63) is 182 Å². The van der Waals surface area contributed by atoms with Gasteiger partial charge in [-0.05, 0) is 85.0 Å². The van der Waals surface area contributed by atoms with E-state index in [1.807, 2.05) is 127 Å². The van der Waals surface area contributed by atoms with Crippen molar-refractivity contribution in [1.29, 1.82) is 0 Å². The van der Waals surface area contributed by atoms with Gasteiger partial charge in [0.05, 0.1) is 26.3 Å². The smallest absolute Gasteiger partial charge is 0.260 e. The van der Waals surface area contributed by atoms with E-state index in [1.165, 1.54) is 0 Å². The van der Waals surface area contributed by atoms with Crippen LogP contribution in [0.3, 0.4) is 0 Å². The maximum Gasteiger partial charge on any atom is 0.260 e. The molecule has 0 saturated heterocycles. The second-order valence-electron chi connectivity index (χ2n) is 13.8. The van der Waals surface area contributed by atoms with Crippen molar-refractivity contribution in [2.75, 3.05) is 0 Å². The number of hydrogen-bond acceptors (Lipinski definition) is 2. The second kappa shape index (κ2) is 11.2. The van der Waals surface area contributed by atoms with E-state index in [9.17, 15) is 6.85 Å². The van der Waals surface area contributed by atoms with Crippen molar-refractivity contribution in [2.45, 2.75) is 0 Å². The summed E-state index contributed by atoms with van der Waals surface area (Å²) in [4.78, 5) is 0. The third-order valence-electron chi connectivity index (χ3n) is 10.9. The molecule has 0 bridgehead atoms. The van der Waals surface area contributed by atoms with Crippen LogP contribution in [0.5, 0.6) is 23.0 Å². The van der Waals surface area contributed by atoms with Gasteiger partial charge < -0.3 is 14.0 Å². The lowest BCUT2D eigenvalue weighted by Gasteiger charge is -2.33. The van der Waals surface area contributed by atoms with Crippen molar-refractivity contribution < 1.29 is 19.1 Å². The zero-order chi connectivity index (χ0) is 41.4. The van der Waals surface area contributed by atoms with Crippen molar-refractivity contribution >= 4 is 66.5 Å². The van der Waals surface area contributed by atoms with E-state index in [-0.39, 0.29) is 64.3 Å². The lowest BCUT2D eigenvalue weighted by molar-refractivity contribution is 0.464. The third-order valence-corrected chi connectivity index (χ3v) is 10.9. The van der Waals surface area contributed by atoms with Gasteiger partial charge in [0.1, 0.15) is 23.0 Å². The predicted octanol–water partition coefficient (Wildman–Crippen LogP) is 11.2. The summed E-state index contributed by atoms with van der Waals surface area (Å²) in [7, 11) is 0. The topological polar surface area (TPSA) is 23.4 Å². The molecule has 10 aromatic rings. The average Bonchev–Trinajstić information content (AvgIpc) is 3.66. The molecular weight excluding hydrogens is 657 g/mol. The minimum absolute atomic E-state index is 0.0878. The first-order valence-electron chi connectivity index (χ1n) is 21.5. The normalized spacial score (nSPS) is 14.5. The van der Waals surface area contributed by atoms with Crippen LogP contribution in [0.15, 0.2) is 182 Å². The maximum atomic E-state index is 10.1. The summed E-state index contributed by atoms with van der Waals surface area (Å²) in [6.45, 7) is -0.198. The van der Waals surface area contributed by atoms with Crippen LogP contribution in [0.4, 0.5) is 0 Å². The number of rotatable bonds is 3. The molecule has 54 heavy (non-hydrogen) atoms. The Kier molecular flexibility index (Phi) is 4.89. The van der Waals surface area contributed by atoms with E-state index in [0.29, 0.717) is 34.2 Å². The van der Waals surface area contributed by atoms with Crippen molar-refractivity contribution in [3.8, 4) is 50.9 Å². The molecule has 4 heteroatoms. The molecule has 0 radical (unpaired) electrons. The van der Waals surface area contributed by atoms with E-state index >= 15 is 0 Å². The molecule has 3 nitrogen and oxygen atoms in total. The zero-order valence-electron chi connectivity index (χ0n) is 35.6. The minimum atomic E-state index is -0.453. The quantitative estimate of drug-likeness (QED) is 0.136. The van der Waals surface area contributed by atoms with E-state index in [1.54, 1.807) is 4.57 Å². The highest BCUT2D eigenvalue weighted by atomic mass is 16.5. The van der Waals surface area contributed by atoms with Crippen LogP contribution in [0.1, 0.15) is 9.60 Å². The van der Waals surface area contributed by atoms with Gasteiger partial charge in [-0.3, -0.25) is 0 Å². The van der Waals surface area contributed by atoms with Crippen LogP contribution >= 0.6 is 0 Å². The summed E-state index contributed by atoms with van der Waals surface area (Å²) < 4.78 is 81.1. The highest BCUT2D eigenvalue weighted by molar-refractivity contribution is 6.98. The van der Waals surface area contributed by atoms with Crippen LogP contribution in [0, 0.1) is 0 Å². The fourth-order valence-corrected chi connectivity index (χ4v) is 8.72. The average molecular weight is 695 g/mol. The number of ether oxygens (including phenoxy) is 2. The minimum Gasteiger partial charge on any atom is -0.458 e. The van der Waals surface area contributed by atoms with Crippen LogP contribution in [0.2, 0.25) is 0 Å². The summed E-state index contributed by atoms with van der Waals surface area (Å²) in [5, 5.41) is 3.68. The molecule has 2 aliphatic rings. The number of aromatic nitrogens is 1. The fraction of sp³-hybridized carbons (Fsp3) is 0. The number of nitrogens with zero attached hydrogens (tertiary/aromatic N) is 1. The van der Waals surface area contributed by atoms with Gasteiger partial charge in [0.25, 0.3) is 6.71 Å². The summed E-state index contributed by atoms with van der Waals surface area (Å²) in [6.07, 6.45) is 0. The van der Waals surface area contributed by atoms with Crippen LogP contribution in [0.25, 0.3) is 71.3 Å². The summed E-state index contributed by atoms with van der Waals surface area (Å²) in [5.41, 5.74) is 6.25. The molecule has 2 aliphatic heterocycles. The predicted molar refractivity (Wildman–Crippen MR) is 224 cm³/mol. The lowest BCUT2D eigenvalue weighted by atomic mass is 9.35. The van der Waals surface area contributed by atoms with E-state index in [0.717, 1.165) is 49.1 Å². The van der Waals surface area contributed by atoms with Gasteiger partial charge in [-0.1, -0.05) is 139 Å². The molecule has 3 heterocycles. The standard InChI is InChI=1S/C50H30BNO2/c1-2-14-31(15-3-1)48-35-17-4-6-19-37(35)49(38-20-7-5-18-36(38)48)32-26-27-43-39(28-32)34-16-8-11-23-42(34)52(43)33-29-46-50-47(30-33)54-45-25-13-10-22-41(45)51(50)40-21-9-12-24-44(40)53-46/h1-30H/i8D,11D,16D,23D,26D,27D,28D. The maximum absolute atomic E-state index is 10.1. The van der Waals surface area contributed by atoms with Gasteiger partial charge in [-0.25, -0.2) is 0 Å². The number of benzene rings is 9. The van der Waals surface area contributed by atoms with Crippen LogP contribution < -0.4 is 25.9 Å². The first kappa shape index (κ1) is 23.5. The largest absolute Gasteiger partial charge is 0.458 e. The van der Waals surface area contributed by atoms with Crippen LogP contribution in [-0.2, 0) is 0 Å². The Labute approximate surface area is 322 Å². The van der Waals surface area contributed by atoms with Gasteiger partial charge in [0, 0.05) is 28.4 Å². The number of hydrogen-bond donors (Lipinski definition) is 0. The highest BCUT2D eigenvalue weighted by Gasteiger charge is 2.40. The molecule has 0 atom stereocenters. The van der Waals surface area contributed by atoms with Crippen LogP contribution in [-0.4, -0.2) is 11.3 Å². The molecule has 0 fully saturated rings. The van der Waals surface area contributed by atoms with Crippen molar-refractivity contribution in [1.82, 2.24) is 4.57 Å². The van der Waals surface area contributed by atoms with E-state index in [4.69, 9.17) is 12.2 Å². The molecule has 0 unspecified atom stereocenters. The molecule has 0 amide bonds. The number of para-hydroxylation sites is 3. The molecule has 12 rings (SSSR count). The van der Waals surface area contributed by atoms with Gasteiger partial charge in [0.15, 0.2) is 0 Å². The highest BCUT2D eigenvalue weighted by Crippen LogP contribution is 2.45. The number of fused-ring (bicyclic) bond motifs is 9. The first-order chi connectivity index (χ1) is 29.7. The molecule has 0 spiro atoms. The zero-order valence-corrected chi connectivity index (χ0v) is 28.6. The van der Waals surface area contributed by atoms with Crippen molar-refractivity contribution in [2.24, 2.45) is 0 Å². The Morgan fingerprint density at radius 3 is 1.59 bits per heavy atom. The molecule has 1 aromatic heterocycles. The Hall–Kier alpha value is -7.04. The summed E-state index contributed by atoms with van der Waals surface area (Å²) >= 11 is 0. The van der Waals surface area contributed by atoms with E-state index in [2.05, 4.69) is 12.1 Å². The van der Waals surface area contributed by atoms with Gasteiger partial charge in [-0.15, -0.1) is 0 Å². The SMILES string of the molecule is [2H]c1c([2H])c([2H])c2c(c1[2H])c1c([2H])c(-c3c4ccccc4c(-c4ccccc4)c4ccccc34)c([2H])c([2H])c1n2-c1cc2c3c(c1)Oc1ccccc1B3c1ccccc1O2. The summed E-state index contributed by atoms with van der Waals surface area (Å²) in [6, 6.07) is 43.2. The third kappa shape index (κ3) is 4.14. The fourth-order valence-electron chi connectivity index (χ4n) is 8.72. The summed E-state index contributed by atoms with van der Waals surface area (Å²) in [5.74, 6) is 2.35. The Bertz CT molecular complexity index is 3460. The van der Waals surface area contributed by atoms with Gasteiger partial charge >= 0.3 is 0 Å². The molecular formula is C50H30BNO2. The molecule has 250 valence electrons. The first-order valence-corrected chi connectivity index (χ1v) is 18.0. The molecule has 9 aromatic carbocycles. The van der Waals surface area contributed by atoms with E-state index < -0.39 is 12.1 Å². The monoisotopic (exact) mass is 694 g/mol. The molecule has 0 N–H and O–H groups in total. The second-order valence-corrected chi connectivity index (χ2v) is 13.8. The lowest BCUT2D eigenvalue weighted by Crippen LogP contribution is -2.57. The van der Waals surface area contributed by atoms with Gasteiger partial charge in [-0.2, -0.15) is 0 Å². The van der Waals surface area contributed by atoms with Gasteiger partial charge in [0.2, 0.25) is 0 Å². The Morgan fingerprint density at radius 2 is 0.963 bits per heavy atom. The molecule has 0 aliphatic carbocycles. The molecule has 0 saturated carbocycles. The Balaban J connectivity index is 1.21. The Morgan fingerprint density at radius 1 is 0.444 bits per heavy atom.